The number of aromatic amines is 1. The largest absolute Gasteiger partial charge is 0.393 e. The van der Waals surface area contributed by atoms with Crippen molar-refractivity contribution in [3.05, 3.63) is 36.0 Å². The number of aliphatic hydroxyl groups is 1. The number of hydrogen-bond acceptors (Lipinski definition) is 2. The number of nitrogens with one attached hydrogen (secondary N) is 1. The Kier molecular flexibility index (Phi) is 2.88. The molecule has 0 amide bonds. The molecule has 3 heteroatoms. The molecule has 1 aliphatic rings. The van der Waals surface area contributed by atoms with Crippen molar-refractivity contribution in [2.24, 2.45) is 5.73 Å². The molecular weight excluding hydrogens is 224 g/mol. The molecule has 0 unspecified atom stereocenters. The van der Waals surface area contributed by atoms with E-state index in [0.717, 1.165) is 25.7 Å². The molecule has 4 N–H and O–H groups in total. The average molecular weight is 244 g/mol. The van der Waals surface area contributed by atoms with Crippen molar-refractivity contribution in [2.75, 3.05) is 6.54 Å². The van der Waals surface area contributed by atoms with Gasteiger partial charge in [0, 0.05) is 29.1 Å². The fraction of sp³-hybridized carbons (Fsp3) is 0.467. The van der Waals surface area contributed by atoms with Crippen LogP contribution >= 0.6 is 0 Å². The van der Waals surface area contributed by atoms with Crippen molar-refractivity contribution in [1.29, 1.82) is 0 Å². The fourth-order valence-electron chi connectivity index (χ4n) is 3.25. The van der Waals surface area contributed by atoms with Crippen LogP contribution in [0.15, 0.2) is 30.5 Å². The molecule has 1 aromatic carbocycles. The van der Waals surface area contributed by atoms with E-state index in [1.807, 2.05) is 6.07 Å². The van der Waals surface area contributed by atoms with E-state index in [2.05, 4.69) is 29.4 Å². The topological polar surface area (TPSA) is 62.0 Å². The summed E-state index contributed by atoms with van der Waals surface area (Å²) in [6.07, 6.45) is 5.64. The van der Waals surface area contributed by atoms with Crippen LogP contribution < -0.4 is 5.73 Å². The first-order valence-corrected chi connectivity index (χ1v) is 6.70. The number of benzene rings is 1. The number of hydrogen-bond donors (Lipinski definition) is 3. The number of nitrogens with two attached hydrogens (primary N) is 1. The van der Waals surface area contributed by atoms with Gasteiger partial charge in [0.2, 0.25) is 0 Å². The first-order valence-electron chi connectivity index (χ1n) is 6.70. The first-order chi connectivity index (χ1) is 8.75. The molecule has 96 valence electrons. The van der Waals surface area contributed by atoms with Crippen molar-refractivity contribution in [2.45, 2.75) is 37.2 Å². The third kappa shape index (κ3) is 1.74. The number of para-hydroxylation sites is 1. The standard InChI is InChI=1S/C15H20N2O/c16-10-15(7-5-11(18)6-8-15)13-9-17-14-4-2-1-3-12(13)14/h1-4,9,11,17-18H,5-8,10,16H2. The molecule has 0 atom stereocenters. The van der Waals surface area contributed by atoms with Gasteiger partial charge in [0.15, 0.2) is 0 Å². The highest BCUT2D eigenvalue weighted by Crippen LogP contribution is 2.41. The lowest BCUT2D eigenvalue weighted by atomic mass is 9.68. The second-order valence-corrected chi connectivity index (χ2v) is 5.46. The van der Waals surface area contributed by atoms with Crippen molar-refractivity contribution in [1.82, 2.24) is 4.98 Å². The molecule has 1 saturated carbocycles. The molecule has 18 heavy (non-hydrogen) atoms. The van der Waals surface area contributed by atoms with Gasteiger partial charge in [-0.25, -0.2) is 0 Å². The highest BCUT2D eigenvalue weighted by atomic mass is 16.3. The Balaban J connectivity index is 2.06. The van der Waals surface area contributed by atoms with Crippen LogP contribution in [-0.2, 0) is 5.41 Å². The molecule has 1 fully saturated rings. The third-order valence-corrected chi connectivity index (χ3v) is 4.46. The zero-order valence-corrected chi connectivity index (χ0v) is 10.5. The van der Waals surface area contributed by atoms with Crippen LogP contribution in [0.5, 0.6) is 0 Å². The lowest BCUT2D eigenvalue weighted by molar-refractivity contribution is 0.0979. The predicted molar refractivity (Wildman–Crippen MR) is 73.5 cm³/mol. The number of fused-ring (bicyclic) bond motifs is 1. The Morgan fingerprint density at radius 2 is 2.00 bits per heavy atom. The number of H-pyrrole nitrogens is 1. The normalized spacial score (nSPS) is 28.7. The summed E-state index contributed by atoms with van der Waals surface area (Å²) < 4.78 is 0. The van der Waals surface area contributed by atoms with Crippen LogP contribution in [0.1, 0.15) is 31.2 Å². The van der Waals surface area contributed by atoms with Gasteiger partial charge in [0.1, 0.15) is 0 Å². The van der Waals surface area contributed by atoms with Crippen molar-refractivity contribution >= 4 is 10.9 Å². The van der Waals surface area contributed by atoms with Gasteiger partial charge in [-0.05, 0) is 37.3 Å². The van der Waals surface area contributed by atoms with Gasteiger partial charge >= 0.3 is 0 Å². The highest BCUT2D eigenvalue weighted by molar-refractivity contribution is 5.84. The zero-order valence-electron chi connectivity index (χ0n) is 10.5. The lowest BCUT2D eigenvalue weighted by Gasteiger charge is -2.38. The van der Waals surface area contributed by atoms with Crippen LogP contribution in [0.25, 0.3) is 10.9 Å². The van der Waals surface area contributed by atoms with E-state index in [9.17, 15) is 5.11 Å². The Labute approximate surface area is 107 Å². The van der Waals surface area contributed by atoms with E-state index in [-0.39, 0.29) is 11.5 Å². The lowest BCUT2D eigenvalue weighted by Crippen LogP contribution is -2.40. The predicted octanol–water partition coefficient (Wildman–Crippen LogP) is 2.30. The molecule has 0 bridgehead atoms. The smallest absolute Gasteiger partial charge is 0.0541 e. The van der Waals surface area contributed by atoms with Crippen molar-refractivity contribution < 1.29 is 5.11 Å². The van der Waals surface area contributed by atoms with Gasteiger partial charge in [-0.3, -0.25) is 0 Å². The summed E-state index contributed by atoms with van der Waals surface area (Å²) in [5.41, 5.74) is 8.61. The fourth-order valence-corrected chi connectivity index (χ4v) is 3.25. The Hall–Kier alpha value is -1.32. The van der Waals surface area contributed by atoms with E-state index in [0.29, 0.717) is 6.54 Å². The van der Waals surface area contributed by atoms with E-state index >= 15 is 0 Å². The van der Waals surface area contributed by atoms with E-state index < -0.39 is 0 Å². The number of aromatic nitrogens is 1. The maximum atomic E-state index is 9.70. The molecule has 3 rings (SSSR count). The maximum absolute atomic E-state index is 9.70. The van der Waals surface area contributed by atoms with Gasteiger partial charge in [0.25, 0.3) is 0 Å². The number of rotatable bonds is 2. The van der Waals surface area contributed by atoms with Crippen LogP contribution in [0.4, 0.5) is 0 Å². The zero-order chi connectivity index (χ0) is 12.6. The Morgan fingerprint density at radius 1 is 1.28 bits per heavy atom. The number of aliphatic hydroxyl groups excluding tert-OH is 1. The van der Waals surface area contributed by atoms with E-state index in [1.165, 1.54) is 16.5 Å². The van der Waals surface area contributed by atoms with Gasteiger partial charge in [-0.15, -0.1) is 0 Å². The summed E-state index contributed by atoms with van der Waals surface area (Å²) >= 11 is 0. The minimum atomic E-state index is -0.144. The Bertz CT molecular complexity index is 538. The third-order valence-electron chi connectivity index (χ3n) is 4.46. The summed E-state index contributed by atoms with van der Waals surface area (Å²) in [7, 11) is 0. The summed E-state index contributed by atoms with van der Waals surface area (Å²) in [6, 6.07) is 8.37. The molecular formula is C15H20N2O. The van der Waals surface area contributed by atoms with Gasteiger partial charge < -0.3 is 15.8 Å². The second-order valence-electron chi connectivity index (χ2n) is 5.46. The van der Waals surface area contributed by atoms with E-state index in [4.69, 9.17) is 5.73 Å². The average Bonchev–Trinajstić information content (AvgIpc) is 2.85. The molecule has 1 aliphatic carbocycles. The summed E-state index contributed by atoms with van der Waals surface area (Å²) in [6.45, 7) is 0.654. The molecule has 1 aromatic heterocycles. The molecule has 3 nitrogen and oxygen atoms in total. The summed E-state index contributed by atoms with van der Waals surface area (Å²) in [5.74, 6) is 0. The second kappa shape index (κ2) is 4.41. The maximum Gasteiger partial charge on any atom is 0.0541 e. The quantitative estimate of drug-likeness (QED) is 0.759. The first kappa shape index (κ1) is 11.8. The summed E-state index contributed by atoms with van der Waals surface area (Å²) in [4.78, 5) is 3.34. The summed E-state index contributed by atoms with van der Waals surface area (Å²) in [5, 5.41) is 11.0. The van der Waals surface area contributed by atoms with Crippen LogP contribution in [-0.4, -0.2) is 22.7 Å². The van der Waals surface area contributed by atoms with Crippen molar-refractivity contribution in [3.63, 3.8) is 0 Å². The SMILES string of the molecule is NCC1(c2c[nH]c3ccccc23)CCC(O)CC1. The van der Waals surface area contributed by atoms with Crippen molar-refractivity contribution in [3.8, 4) is 0 Å². The molecule has 2 aromatic rings. The van der Waals surface area contributed by atoms with Gasteiger partial charge in [-0.1, -0.05) is 18.2 Å². The molecule has 0 aliphatic heterocycles. The minimum absolute atomic E-state index is 0.0405. The Morgan fingerprint density at radius 3 is 2.72 bits per heavy atom. The monoisotopic (exact) mass is 244 g/mol. The molecule has 0 spiro atoms. The van der Waals surface area contributed by atoms with Gasteiger partial charge in [-0.2, -0.15) is 0 Å². The van der Waals surface area contributed by atoms with Crippen LogP contribution in [0, 0.1) is 0 Å². The van der Waals surface area contributed by atoms with Crippen LogP contribution in [0.3, 0.4) is 0 Å². The minimum Gasteiger partial charge on any atom is -0.393 e. The highest BCUT2D eigenvalue weighted by Gasteiger charge is 2.36. The molecule has 0 radical (unpaired) electrons. The van der Waals surface area contributed by atoms with E-state index in [1.54, 1.807) is 0 Å². The molecule has 1 heterocycles. The van der Waals surface area contributed by atoms with Crippen LogP contribution in [0.2, 0.25) is 0 Å². The van der Waals surface area contributed by atoms with Gasteiger partial charge in [0.05, 0.1) is 6.10 Å². The molecule has 0 saturated heterocycles.